The lowest BCUT2D eigenvalue weighted by Crippen LogP contribution is -2.38. The lowest BCUT2D eigenvalue weighted by Gasteiger charge is -2.14. The summed E-state index contributed by atoms with van der Waals surface area (Å²) in [7, 11) is 1.83. The number of guanidine groups is 1. The second kappa shape index (κ2) is 13.6. The Morgan fingerprint density at radius 2 is 1.76 bits per heavy atom. The van der Waals surface area contributed by atoms with Gasteiger partial charge in [-0.15, -0.1) is 24.0 Å². The van der Waals surface area contributed by atoms with Gasteiger partial charge in [-0.2, -0.15) is 0 Å². The number of hydrogen-bond donors (Lipinski definition) is 2. The third kappa shape index (κ3) is 11.2. The molecule has 0 aromatic rings. The predicted octanol–water partition coefficient (Wildman–Crippen LogP) is 3.55. The van der Waals surface area contributed by atoms with Crippen molar-refractivity contribution in [2.24, 2.45) is 10.9 Å². The molecule has 1 saturated carbocycles. The third-order valence-electron chi connectivity index (χ3n) is 3.74. The van der Waals surface area contributed by atoms with E-state index in [0.29, 0.717) is 6.10 Å². The first kappa shape index (κ1) is 21.0. The Balaban J connectivity index is 0.00000400. The molecule has 0 aromatic carbocycles. The zero-order valence-electron chi connectivity index (χ0n) is 14.0. The summed E-state index contributed by atoms with van der Waals surface area (Å²) in [4.78, 5) is 4.23. The Kier molecular flexibility index (Phi) is 13.6. The normalized spacial score (nSPS) is 16.1. The van der Waals surface area contributed by atoms with Crippen molar-refractivity contribution in [3.63, 3.8) is 0 Å². The summed E-state index contributed by atoms with van der Waals surface area (Å²) in [5.74, 6) is 1.69. The van der Waals surface area contributed by atoms with Crippen LogP contribution in [0.4, 0.5) is 0 Å². The first-order valence-corrected chi connectivity index (χ1v) is 8.28. The monoisotopic (exact) mass is 411 g/mol. The number of nitrogens with zero attached hydrogens (tertiary/aromatic N) is 1. The van der Waals surface area contributed by atoms with E-state index in [2.05, 4.69) is 29.5 Å². The van der Waals surface area contributed by atoms with Gasteiger partial charge in [0.1, 0.15) is 0 Å². The summed E-state index contributed by atoms with van der Waals surface area (Å²) in [6, 6.07) is 0. The first-order valence-electron chi connectivity index (χ1n) is 8.28. The summed E-state index contributed by atoms with van der Waals surface area (Å²) in [6.07, 6.45) is 9.24. The first-order chi connectivity index (χ1) is 9.72. The van der Waals surface area contributed by atoms with Gasteiger partial charge in [0.25, 0.3) is 0 Å². The van der Waals surface area contributed by atoms with Gasteiger partial charge in [-0.25, -0.2) is 0 Å². The average Bonchev–Trinajstić information content (AvgIpc) is 2.93. The Morgan fingerprint density at radius 1 is 1.14 bits per heavy atom. The molecule has 1 aliphatic rings. The SMILES string of the molecule is CN=C(NCCCOC1CCCC1)NCCCC(C)C.I. The molecule has 0 saturated heterocycles. The molecule has 126 valence electrons. The predicted molar refractivity (Wildman–Crippen MR) is 102 cm³/mol. The van der Waals surface area contributed by atoms with Gasteiger partial charge in [-0.3, -0.25) is 4.99 Å². The Morgan fingerprint density at radius 3 is 2.33 bits per heavy atom. The molecule has 1 aliphatic carbocycles. The molecule has 0 spiro atoms. The highest BCUT2D eigenvalue weighted by molar-refractivity contribution is 14.0. The van der Waals surface area contributed by atoms with E-state index in [1.807, 2.05) is 7.05 Å². The topological polar surface area (TPSA) is 45.7 Å². The smallest absolute Gasteiger partial charge is 0.190 e. The molecular weight excluding hydrogens is 377 g/mol. The highest BCUT2D eigenvalue weighted by Crippen LogP contribution is 2.20. The molecule has 0 aliphatic heterocycles. The van der Waals surface area contributed by atoms with Gasteiger partial charge in [0.05, 0.1) is 6.10 Å². The molecule has 0 radical (unpaired) electrons. The fraction of sp³-hybridized carbons (Fsp3) is 0.938. The van der Waals surface area contributed by atoms with Gasteiger partial charge in [0.2, 0.25) is 0 Å². The Bertz CT molecular complexity index is 266. The molecule has 21 heavy (non-hydrogen) atoms. The van der Waals surface area contributed by atoms with Crippen molar-refractivity contribution in [2.75, 3.05) is 26.7 Å². The van der Waals surface area contributed by atoms with Crippen molar-refractivity contribution in [3.8, 4) is 0 Å². The van der Waals surface area contributed by atoms with E-state index >= 15 is 0 Å². The van der Waals surface area contributed by atoms with E-state index in [1.54, 1.807) is 0 Å². The number of hydrogen-bond acceptors (Lipinski definition) is 2. The van der Waals surface area contributed by atoms with Crippen LogP contribution in [0, 0.1) is 5.92 Å². The molecule has 0 bridgehead atoms. The zero-order valence-corrected chi connectivity index (χ0v) is 16.3. The van der Waals surface area contributed by atoms with Gasteiger partial charge >= 0.3 is 0 Å². The van der Waals surface area contributed by atoms with E-state index in [9.17, 15) is 0 Å². The summed E-state index contributed by atoms with van der Waals surface area (Å²) >= 11 is 0. The second-order valence-electron chi connectivity index (χ2n) is 6.09. The minimum Gasteiger partial charge on any atom is -0.378 e. The van der Waals surface area contributed by atoms with Crippen LogP contribution in [0.25, 0.3) is 0 Å². The molecule has 0 unspecified atom stereocenters. The zero-order chi connectivity index (χ0) is 14.6. The lowest BCUT2D eigenvalue weighted by molar-refractivity contribution is 0.0574. The van der Waals surface area contributed by atoms with Crippen LogP contribution in [0.2, 0.25) is 0 Å². The van der Waals surface area contributed by atoms with Crippen LogP contribution in [0.3, 0.4) is 0 Å². The number of nitrogens with one attached hydrogen (secondary N) is 2. The summed E-state index contributed by atoms with van der Waals surface area (Å²) < 4.78 is 5.84. The van der Waals surface area contributed by atoms with Crippen molar-refractivity contribution in [1.82, 2.24) is 10.6 Å². The minimum absolute atomic E-state index is 0. The molecule has 0 atom stereocenters. The fourth-order valence-corrected chi connectivity index (χ4v) is 2.52. The summed E-state index contributed by atoms with van der Waals surface area (Å²) in [5, 5.41) is 6.70. The van der Waals surface area contributed by atoms with Crippen molar-refractivity contribution in [3.05, 3.63) is 0 Å². The average molecular weight is 411 g/mol. The summed E-state index contributed by atoms with van der Waals surface area (Å²) in [5.41, 5.74) is 0. The molecule has 1 rings (SSSR count). The van der Waals surface area contributed by atoms with Crippen LogP contribution >= 0.6 is 24.0 Å². The Labute approximate surface area is 147 Å². The van der Waals surface area contributed by atoms with Gasteiger partial charge in [-0.05, 0) is 38.0 Å². The van der Waals surface area contributed by atoms with Gasteiger partial charge < -0.3 is 15.4 Å². The van der Waals surface area contributed by atoms with E-state index in [-0.39, 0.29) is 24.0 Å². The number of ether oxygens (including phenoxy) is 1. The maximum absolute atomic E-state index is 5.84. The largest absolute Gasteiger partial charge is 0.378 e. The molecule has 0 aromatic heterocycles. The molecule has 1 fully saturated rings. The minimum atomic E-state index is 0. The Hall–Kier alpha value is -0.0400. The fourth-order valence-electron chi connectivity index (χ4n) is 2.52. The van der Waals surface area contributed by atoms with Gasteiger partial charge in [-0.1, -0.05) is 26.7 Å². The molecular formula is C16H34IN3O. The van der Waals surface area contributed by atoms with Gasteiger partial charge in [0, 0.05) is 26.7 Å². The maximum atomic E-state index is 5.84. The van der Waals surface area contributed by atoms with Crippen LogP contribution in [-0.4, -0.2) is 38.8 Å². The molecule has 5 heteroatoms. The number of rotatable bonds is 9. The van der Waals surface area contributed by atoms with Crippen LogP contribution in [0.5, 0.6) is 0 Å². The highest BCUT2D eigenvalue weighted by atomic mass is 127. The van der Waals surface area contributed by atoms with Crippen LogP contribution < -0.4 is 10.6 Å². The lowest BCUT2D eigenvalue weighted by atomic mass is 10.1. The quantitative estimate of drug-likeness (QED) is 0.264. The standard InChI is InChI=1S/C16H33N3O.HI/c1-14(2)8-6-11-18-16(17-3)19-12-7-13-20-15-9-4-5-10-15;/h14-15H,4-13H2,1-3H3,(H2,17,18,19);1H. The molecule has 4 nitrogen and oxygen atoms in total. The highest BCUT2D eigenvalue weighted by Gasteiger charge is 2.14. The maximum Gasteiger partial charge on any atom is 0.190 e. The van der Waals surface area contributed by atoms with Crippen molar-refractivity contribution in [2.45, 2.75) is 64.9 Å². The third-order valence-corrected chi connectivity index (χ3v) is 3.74. The second-order valence-corrected chi connectivity index (χ2v) is 6.09. The van der Waals surface area contributed by atoms with Crippen molar-refractivity contribution < 1.29 is 4.74 Å². The van der Waals surface area contributed by atoms with E-state index in [0.717, 1.165) is 38.0 Å². The summed E-state index contributed by atoms with van der Waals surface area (Å²) in [6.45, 7) is 7.31. The van der Waals surface area contributed by atoms with Crippen LogP contribution in [0.1, 0.15) is 58.8 Å². The molecule has 2 N–H and O–H groups in total. The number of aliphatic imine (C=N–C) groups is 1. The van der Waals surface area contributed by atoms with Crippen LogP contribution in [-0.2, 0) is 4.74 Å². The number of halogens is 1. The molecule has 0 amide bonds. The van der Waals surface area contributed by atoms with Crippen molar-refractivity contribution >= 4 is 29.9 Å². The van der Waals surface area contributed by atoms with E-state index < -0.39 is 0 Å². The van der Waals surface area contributed by atoms with E-state index in [4.69, 9.17) is 4.74 Å². The van der Waals surface area contributed by atoms with Gasteiger partial charge in [0.15, 0.2) is 5.96 Å². The van der Waals surface area contributed by atoms with Crippen molar-refractivity contribution in [1.29, 1.82) is 0 Å². The van der Waals surface area contributed by atoms with E-state index in [1.165, 1.54) is 38.5 Å². The van der Waals surface area contributed by atoms with Crippen LogP contribution in [0.15, 0.2) is 4.99 Å². The molecule has 0 heterocycles.